The minimum atomic E-state index is -0.879. The predicted molar refractivity (Wildman–Crippen MR) is 112 cm³/mol. The third-order valence-corrected chi connectivity index (χ3v) is 5.40. The molecule has 0 bridgehead atoms. The quantitative estimate of drug-likeness (QED) is 0.763. The Labute approximate surface area is 172 Å². The lowest BCUT2D eigenvalue weighted by Gasteiger charge is -2.32. The van der Waals surface area contributed by atoms with E-state index in [1.54, 1.807) is 12.1 Å². The van der Waals surface area contributed by atoms with Crippen molar-refractivity contribution in [2.24, 2.45) is 5.92 Å². The maximum absolute atomic E-state index is 12.8. The number of hydrogen-bond acceptors (Lipinski definition) is 3. The Morgan fingerprint density at radius 3 is 2.31 bits per heavy atom. The Morgan fingerprint density at radius 2 is 1.66 bits per heavy atom. The normalized spacial score (nSPS) is 14.8. The highest BCUT2D eigenvalue weighted by Crippen LogP contribution is 2.25. The summed E-state index contributed by atoms with van der Waals surface area (Å²) in [5, 5.41) is 9.36. The highest BCUT2D eigenvalue weighted by atomic mass is 16.5. The summed E-state index contributed by atoms with van der Waals surface area (Å²) >= 11 is 0. The molecule has 0 radical (unpaired) electrons. The Morgan fingerprint density at radius 1 is 1.03 bits per heavy atom. The number of carbonyl (C=O) groups is 2. The molecule has 154 valence electrons. The van der Waals surface area contributed by atoms with Crippen LogP contribution in [-0.2, 0) is 17.6 Å². The molecule has 0 aromatic heterocycles. The number of carboxylic acids is 1. The van der Waals surface area contributed by atoms with Crippen LogP contribution in [0.1, 0.15) is 48.2 Å². The van der Waals surface area contributed by atoms with Gasteiger partial charge in [0.15, 0.2) is 0 Å². The standard InChI is InChI=1S/C24H29NO4/c1-17(2)29-22-10-6-4-8-20(22)16-23(26)25-13-11-18(12-14-25)15-19-7-3-5-9-21(19)24(27)28/h3-10,17-18H,11-16H2,1-2H3,(H,27,28). The Hall–Kier alpha value is -2.82. The van der Waals surface area contributed by atoms with Gasteiger partial charge >= 0.3 is 5.97 Å². The van der Waals surface area contributed by atoms with Crippen LogP contribution in [0.4, 0.5) is 0 Å². The summed E-state index contributed by atoms with van der Waals surface area (Å²) in [5.74, 6) is 0.414. The van der Waals surface area contributed by atoms with Crippen LogP contribution >= 0.6 is 0 Å². The molecule has 0 atom stereocenters. The van der Waals surface area contributed by atoms with E-state index in [0.717, 1.165) is 36.1 Å². The van der Waals surface area contributed by atoms with Crippen molar-refractivity contribution in [2.45, 2.75) is 45.6 Å². The van der Waals surface area contributed by atoms with Crippen molar-refractivity contribution in [3.8, 4) is 5.75 Å². The number of carbonyl (C=O) groups excluding carboxylic acids is 1. The van der Waals surface area contributed by atoms with Crippen molar-refractivity contribution in [3.05, 3.63) is 65.2 Å². The highest BCUT2D eigenvalue weighted by molar-refractivity contribution is 5.89. The van der Waals surface area contributed by atoms with Gasteiger partial charge < -0.3 is 14.7 Å². The van der Waals surface area contributed by atoms with Crippen LogP contribution in [0, 0.1) is 5.92 Å². The maximum atomic E-state index is 12.8. The minimum absolute atomic E-state index is 0.0654. The van der Waals surface area contributed by atoms with Crippen molar-refractivity contribution in [3.63, 3.8) is 0 Å². The summed E-state index contributed by atoms with van der Waals surface area (Å²) in [6, 6.07) is 14.9. The summed E-state index contributed by atoms with van der Waals surface area (Å²) < 4.78 is 5.83. The smallest absolute Gasteiger partial charge is 0.335 e. The molecule has 1 aliphatic rings. The zero-order chi connectivity index (χ0) is 20.8. The second kappa shape index (κ2) is 9.59. The molecule has 1 heterocycles. The lowest BCUT2D eigenvalue weighted by atomic mass is 9.88. The van der Waals surface area contributed by atoms with Gasteiger partial charge in [0.25, 0.3) is 0 Å². The fraction of sp³-hybridized carbons (Fsp3) is 0.417. The number of carboxylic acid groups (broad SMARTS) is 1. The molecule has 0 aliphatic carbocycles. The fourth-order valence-electron chi connectivity index (χ4n) is 3.90. The van der Waals surface area contributed by atoms with Crippen molar-refractivity contribution in [1.82, 2.24) is 4.90 Å². The molecule has 0 spiro atoms. The summed E-state index contributed by atoms with van der Waals surface area (Å²) in [6.45, 7) is 5.38. The number of rotatable bonds is 7. The lowest BCUT2D eigenvalue weighted by molar-refractivity contribution is -0.131. The van der Waals surface area contributed by atoms with E-state index in [9.17, 15) is 14.7 Å². The molecule has 0 unspecified atom stereocenters. The van der Waals surface area contributed by atoms with Crippen LogP contribution in [0.5, 0.6) is 5.75 Å². The molecule has 1 amide bonds. The van der Waals surface area contributed by atoms with E-state index in [-0.39, 0.29) is 12.0 Å². The first kappa shape index (κ1) is 20.9. The summed E-state index contributed by atoms with van der Waals surface area (Å²) in [6.07, 6.45) is 2.94. The number of aromatic carboxylic acids is 1. The van der Waals surface area contributed by atoms with Gasteiger partial charge in [0.05, 0.1) is 18.1 Å². The molecule has 2 aromatic carbocycles. The van der Waals surface area contributed by atoms with E-state index in [1.165, 1.54) is 0 Å². The van der Waals surface area contributed by atoms with E-state index in [0.29, 0.717) is 31.0 Å². The molecule has 0 saturated carbocycles. The second-order valence-electron chi connectivity index (χ2n) is 7.94. The van der Waals surface area contributed by atoms with E-state index in [2.05, 4.69) is 0 Å². The van der Waals surface area contributed by atoms with Crippen LogP contribution in [0.2, 0.25) is 0 Å². The van der Waals surface area contributed by atoms with Gasteiger partial charge in [-0.15, -0.1) is 0 Å². The van der Waals surface area contributed by atoms with Gasteiger partial charge in [0.2, 0.25) is 5.91 Å². The molecule has 5 heteroatoms. The van der Waals surface area contributed by atoms with Gasteiger partial charge in [-0.25, -0.2) is 4.79 Å². The monoisotopic (exact) mass is 395 g/mol. The highest BCUT2D eigenvalue weighted by Gasteiger charge is 2.24. The van der Waals surface area contributed by atoms with Gasteiger partial charge in [0, 0.05) is 18.7 Å². The maximum Gasteiger partial charge on any atom is 0.335 e. The van der Waals surface area contributed by atoms with Crippen LogP contribution < -0.4 is 4.74 Å². The van der Waals surface area contributed by atoms with Crippen molar-refractivity contribution < 1.29 is 19.4 Å². The number of hydrogen-bond donors (Lipinski definition) is 1. The lowest BCUT2D eigenvalue weighted by Crippen LogP contribution is -2.39. The Balaban J connectivity index is 1.56. The van der Waals surface area contributed by atoms with Crippen LogP contribution in [0.15, 0.2) is 48.5 Å². The summed E-state index contributed by atoms with van der Waals surface area (Å²) in [5.41, 5.74) is 2.18. The SMILES string of the molecule is CC(C)Oc1ccccc1CC(=O)N1CCC(Cc2ccccc2C(=O)O)CC1. The molecule has 5 nitrogen and oxygen atoms in total. The van der Waals surface area contributed by atoms with E-state index >= 15 is 0 Å². The van der Waals surface area contributed by atoms with Crippen molar-refractivity contribution >= 4 is 11.9 Å². The average molecular weight is 395 g/mol. The molecule has 3 rings (SSSR count). The Kier molecular flexibility index (Phi) is 6.91. The second-order valence-corrected chi connectivity index (χ2v) is 7.94. The first-order valence-corrected chi connectivity index (χ1v) is 10.3. The zero-order valence-electron chi connectivity index (χ0n) is 17.1. The third kappa shape index (κ3) is 5.59. The van der Waals surface area contributed by atoms with Gasteiger partial charge in [0.1, 0.15) is 5.75 Å². The van der Waals surface area contributed by atoms with E-state index in [1.807, 2.05) is 55.1 Å². The fourth-order valence-corrected chi connectivity index (χ4v) is 3.90. The summed E-state index contributed by atoms with van der Waals surface area (Å²) in [4.78, 5) is 26.1. The van der Waals surface area contributed by atoms with E-state index < -0.39 is 5.97 Å². The van der Waals surface area contributed by atoms with Gasteiger partial charge in [-0.05, 0) is 56.7 Å². The number of amides is 1. The minimum Gasteiger partial charge on any atom is -0.491 e. The van der Waals surface area contributed by atoms with Crippen LogP contribution in [0.3, 0.4) is 0 Å². The average Bonchev–Trinajstić information content (AvgIpc) is 2.70. The molecule has 1 N–H and O–H groups in total. The first-order chi connectivity index (χ1) is 13.9. The third-order valence-electron chi connectivity index (χ3n) is 5.40. The molecule has 2 aromatic rings. The van der Waals surface area contributed by atoms with Gasteiger partial charge in [-0.2, -0.15) is 0 Å². The molecule has 1 saturated heterocycles. The number of piperidine rings is 1. The van der Waals surface area contributed by atoms with E-state index in [4.69, 9.17) is 4.74 Å². The zero-order valence-corrected chi connectivity index (χ0v) is 17.1. The largest absolute Gasteiger partial charge is 0.491 e. The van der Waals surface area contributed by atoms with Gasteiger partial charge in [-0.3, -0.25) is 4.79 Å². The van der Waals surface area contributed by atoms with Crippen LogP contribution in [0.25, 0.3) is 0 Å². The number of para-hydroxylation sites is 1. The van der Waals surface area contributed by atoms with Crippen LogP contribution in [-0.4, -0.2) is 41.1 Å². The molecule has 1 fully saturated rings. The van der Waals surface area contributed by atoms with Crippen molar-refractivity contribution in [2.75, 3.05) is 13.1 Å². The number of nitrogens with zero attached hydrogens (tertiary/aromatic N) is 1. The van der Waals surface area contributed by atoms with Crippen molar-refractivity contribution in [1.29, 1.82) is 0 Å². The predicted octanol–water partition coefficient (Wildman–Crippen LogP) is 4.20. The molecule has 1 aliphatic heterocycles. The summed E-state index contributed by atoms with van der Waals surface area (Å²) in [7, 11) is 0. The number of likely N-dealkylation sites (tertiary alicyclic amines) is 1. The Bertz CT molecular complexity index is 853. The van der Waals surface area contributed by atoms with Gasteiger partial charge in [-0.1, -0.05) is 36.4 Å². The number of ether oxygens (including phenoxy) is 1. The molecule has 29 heavy (non-hydrogen) atoms. The topological polar surface area (TPSA) is 66.8 Å². The molecular formula is C24H29NO4. The number of benzene rings is 2. The molecular weight excluding hydrogens is 366 g/mol. The first-order valence-electron chi connectivity index (χ1n) is 10.3.